The number of hydrogen-bond acceptors (Lipinski definition) is 6. The minimum absolute atomic E-state index is 0.284. The zero-order chi connectivity index (χ0) is 15.3. The number of anilines is 2. The number of rotatable bonds is 3. The summed E-state index contributed by atoms with van der Waals surface area (Å²) in [5.41, 5.74) is 1.62. The van der Waals surface area contributed by atoms with E-state index in [1.54, 1.807) is 6.07 Å². The van der Waals surface area contributed by atoms with Crippen LogP contribution >= 0.6 is 0 Å². The maximum absolute atomic E-state index is 11.9. The van der Waals surface area contributed by atoms with Gasteiger partial charge in [-0.1, -0.05) is 24.3 Å². The van der Waals surface area contributed by atoms with Gasteiger partial charge in [0.1, 0.15) is 0 Å². The molecule has 2 bridgehead atoms. The number of benzene rings is 1. The summed E-state index contributed by atoms with van der Waals surface area (Å²) in [4.78, 5) is 34.6. The zero-order valence-electron chi connectivity index (χ0n) is 11.1. The van der Waals surface area contributed by atoms with Crippen molar-refractivity contribution in [1.29, 1.82) is 0 Å². The molecule has 1 aromatic heterocycles. The van der Waals surface area contributed by atoms with Crippen LogP contribution < -0.4 is 15.7 Å². The van der Waals surface area contributed by atoms with Crippen LogP contribution in [0.4, 0.5) is 11.5 Å². The average molecular weight is 298 g/mol. The summed E-state index contributed by atoms with van der Waals surface area (Å²) >= 11 is 0. The fourth-order valence-electron chi connectivity index (χ4n) is 2.61. The summed E-state index contributed by atoms with van der Waals surface area (Å²) in [6.45, 7) is 0. The third-order valence-electron chi connectivity index (χ3n) is 3.54. The highest BCUT2D eigenvalue weighted by Gasteiger charge is 2.53. The molecule has 8 heteroatoms. The van der Waals surface area contributed by atoms with Gasteiger partial charge in [0.15, 0.2) is 17.7 Å². The second-order valence-corrected chi connectivity index (χ2v) is 4.81. The molecule has 1 saturated heterocycles. The van der Waals surface area contributed by atoms with Crippen LogP contribution in [-0.2, 0) is 9.73 Å². The fraction of sp³-hybridized carbons (Fsp3) is 0.0714. The lowest BCUT2D eigenvalue weighted by molar-refractivity contribution is -0.131. The van der Waals surface area contributed by atoms with Gasteiger partial charge in [0, 0.05) is 11.6 Å². The summed E-state index contributed by atoms with van der Waals surface area (Å²) in [5.74, 6) is -0.574. The van der Waals surface area contributed by atoms with Crippen LogP contribution in [-0.4, -0.2) is 21.0 Å². The van der Waals surface area contributed by atoms with Gasteiger partial charge in [-0.05, 0) is 11.6 Å². The van der Waals surface area contributed by atoms with Crippen molar-refractivity contribution in [3.8, 4) is 0 Å². The van der Waals surface area contributed by atoms with Gasteiger partial charge >= 0.3 is 5.97 Å². The summed E-state index contributed by atoms with van der Waals surface area (Å²) < 4.78 is 0. The number of nitrogens with one attached hydrogen (secondary N) is 1. The molecule has 0 amide bonds. The number of carboxylic acid groups (broad SMARTS) is 1. The average Bonchev–Trinajstić information content (AvgIpc) is 3.01. The van der Waals surface area contributed by atoms with Crippen LogP contribution in [0.3, 0.4) is 0 Å². The highest BCUT2D eigenvalue weighted by atomic mass is 16.9. The highest BCUT2D eigenvalue weighted by Crippen LogP contribution is 2.51. The van der Waals surface area contributed by atoms with Crippen molar-refractivity contribution in [1.82, 2.24) is 9.97 Å². The fourth-order valence-corrected chi connectivity index (χ4v) is 2.61. The Morgan fingerprint density at radius 1 is 1.36 bits per heavy atom. The van der Waals surface area contributed by atoms with Gasteiger partial charge < -0.3 is 10.1 Å². The second-order valence-electron chi connectivity index (χ2n) is 4.81. The molecule has 0 radical (unpaired) electrons. The third-order valence-corrected chi connectivity index (χ3v) is 3.54. The number of fused-ring (bicyclic) bond motifs is 5. The number of nitrogens with zero attached hydrogens (tertiary/aromatic N) is 3. The Kier molecular flexibility index (Phi) is 2.54. The lowest BCUT2D eigenvalue weighted by Crippen LogP contribution is -2.50. The van der Waals surface area contributed by atoms with E-state index in [0.717, 1.165) is 17.2 Å². The van der Waals surface area contributed by atoms with Crippen molar-refractivity contribution < 1.29 is 14.8 Å². The van der Waals surface area contributed by atoms with E-state index in [-0.39, 0.29) is 11.7 Å². The third kappa shape index (κ3) is 1.64. The maximum atomic E-state index is 11.9. The van der Waals surface area contributed by atoms with Gasteiger partial charge in [-0.3, -0.25) is 4.79 Å². The number of aromatic amines is 1. The van der Waals surface area contributed by atoms with Crippen LogP contribution in [0.5, 0.6) is 0 Å². The maximum Gasteiger partial charge on any atom is 0.328 e. The number of H-pyrrole nitrogens is 1. The highest BCUT2D eigenvalue weighted by molar-refractivity contribution is 5.86. The quantitative estimate of drug-likeness (QED) is 0.817. The molecule has 0 aliphatic carbocycles. The molecule has 1 unspecified atom stereocenters. The van der Waals surface area contributed by atoms with E-state index in [9.17, 15) is 9.59 Å². The Morgan fingerprint density at radius 2 is 2.18 bits per heavy atom. The summed E-state index contributed by atoms with van der Waals surface area (Å²) in [5, 5.41) is 11.8. The Balaban J connectivity index is 1.76. The Morgan fingerprint density at radius 3 is 2.95 bits per heavy atom. The number of aromatic nitrogens is 2. The van der Waals surface area contributed by atoms with E-state index < -0.39 is 5.97 Å². The number of hydroxylamine groups is 2. The normalized spacial score (nSPS) is 18.5. The number of hydrogen-bond donors (Lipinski definition) is 2. The number of carboxylic acids is 1. The van der Waals surface area contributed by atoms with Crippen molar-refractivity contribution in [3.63, 3.8) is 0 Å². The van der Waals surface area contributed by atoms with Crippen molar-refractivity contribution in [2.45, 2.75) is 6.17 Å². The lowest BCUT2D eigenvalue weighted by atomic mass is 10.0. The van der Waals surface area contributed by atoms with Gasteiger partial charge in [0.2, 0.25) is 0 Å². The molecule has 2 N–H and O–H groups in total. The van der Waals surface area contributed by atoms with Crippen molar-refractivity contribution in [2.24, 2.45) is 0 Å². The standard InChI is InChI=1S/C14H10N4O4/c19-10(20)6-5-8-3-1-2-4-9(8)14-17-11-12(18(14)22-17)15-7-16-13(11)21/h1-7,14H,(H,19,20)(H,15,16,21). The van der Waals surface area contributed by atoms with Gasteiger partial charge in [-0.2, -0.15) is 10.1 Å². The first kappa shape index (κ1) is 12.6. The molecule has 110 valence electrons. The van der Waals surface area contributed by atoms with Crippen LogP contribution in [0.2, 0.25) is 0 Å². The van der Waals surface area contributed by atoms with Crippen LogP contribution in [0, 0.1) is 0 Å². The number of aliphatic carboxylic acids is 1. The number of carbonyl (C=O) groups is 1. The van der Waals surface area contributed by atoms with E-state index in [0.29, 0.717) is 11.5 Å². The first-order valence-electron chi connectivity index (χ1n) is 6.51. The van der Waals surface area contributed by atoms with Gasteiger partial charge in [-0.15, -0.1) is 4.94 Å². The van der Waals surface area contributed by atoms with Crippen LogP contribution in [0.1, 0.15) is 17.3 Å². The molecule has 0 spiro atoms. The van der Waals surface area contributed by atoms with E-state index in [1.165, 1.54) is 22.5 Å². The van der Waals surface area contributed by atoms with Crippen molar-refractivity contribution in [2.75, 3.05) is 10.1 Å². The summed E-state index contributed by atoms with van der Waals surface area (Å²) in [6, 6.07) is 7.32. The first-order chi connectivity index (χ1) is 10.7. The predicted octanol–water partition coefficient (Wildman–Crippen LogP) is 1.05. The molecule has 3 heterocycles. The molecule has 2 aliphatic rings. The molecular formula is C14H10N4O4. The molecule has 2 aliphatic heterocycles. The molecular weight excluding hydrogens is 288 g/mol. The van der Waals surface area contributed by atoms with E-state index in [1.807, 2.05) is 18.2 Å². The van der Waals surface area contributed by atoms with E-state index >= 15 is 0 Å². The van der Waals surface area contributed by atoms with Gasteiger partial charge in [0.25, 0.3) is 5.56 Å². The molecule has 22 heavy (non-hydrogen) atoms. The second kappa shape index (κ2) is 4.43. The summed E-state index contributed by atoms with van der Waals surface area (Å²) in [7, 11) is 0. The Bertz CT molecular complexity index is 860. The van der Waals surface area contributed by atoms with E-state index in [2.05, 4.69) is 9.97 Å². The summed E-state index contributed by atoms with van der Waals surface area (Å²) in [6.07, 6.45) is 3.57. The lowest BCUT2D eigenvalue weighted by Gasteiger charge is -2.40. The molecule has 1 atom stereocenters. The Hall–Kier alpha value is -3.13. The van der Waals surface area contributed by atoms with E-state index in [4.69, 9.17) is 10.0 Å². The molecule has 1 aromatic carbocycles. The van der Waals surface area contributed by atoms with Crippen molar-refractivity contribution >= 4 is 23.6 Å². The zero-order valence-corrected chi connectivity index (χ0v) is 11.1. The monoisotopic (exact) mass is 298 g/mol. The van der Waals surface area contributed by atoms with Crippen molar-refractivity contribution in [3.05, 3.63) is 58.1 Å². The predicted molar refractivity (Wildman–Crippen MR) is 76.8 cm³/mol. The largest absolute Gasteiger partial charge is 0.478 e. The topological polar surface area (TPSA) is 98.8 Å². The first-order valence-corrected chi connectivity index (χ1v) is 6.51. The molecule has 0 saturated carbocycles. The molecule has 8 nitrogen and oxygen atoms in total. The minimum Gasteiger partial charge on any atom is -0.478 e. The molecule has 4 rings (SSSR count). The van der Waals surface area contributed by atoms with Gasteiger partial charge in [-0.25, -0.2) is 9.78 Å². The molecule has 1 fully saturated rings. The van der Waals surface area contributed by atoms with Crippen LogP contribution in [0.15, 0.2) is 41.5 Å². The minimum atomic E-state index is -1.02. The van der Waals surface area contributed by atoms with Crippen LogP contribution in [0.25, 0.3) is 6.08 Å². The Labute approximate surface area is 123 Å². The molecule has 2 aromatic rings. The van der Waals surface area contributed by atoms with Gasteiger partial charge in [0.05, 0.1) is 6.33 Å². The smallest absolute Gasteiger partial charge is 0.328 e. The SMILES string of the molecule is O=C(O)C=Cc1ccccc1C1N2ON1c1c2nc[nH]c1=O.